The van der Waals surface area contributed by atoms with Gasteiger partial charge in [-0.15, -0.1) is 0 Å². The lowest BCUT2D eigenvalue weighted by atomic mass is 9.81. The Morgan fingerprint density at radius 2 is 0.700 bits per heavy atom. The van der Waals surface area contributed by atoms with E-state index in [0.717, 1.165) is 0 Å². The van der Waals surface area contributed by atoms with Gasteiger partial charge in [0.2, 0.25) is 0 Å². The Kier molecular flexibility index (Phi) is 6.60. The molecule has 0 heterocycles. The molecule has 0 aliphatic carbocycles. The highest BCUT2D eigenvalue weighted by Crippen LogP contribution is 2.49. The fraction of sp³-hybridized carbons (Fsp3) is 0. The molecular formula is C50H32. The summed E-state index contributed by atoms with van der Waals surface area (Å²) in [6.07, 6.45) is 0. The van der Waals surface area contributed by atoms with Crippen molar-refractivity contribution in [2.24, 2.45) is 0 Å². The molecule has 0 fully saturated rings. The zero-order valence-corrected chi connectivity index (χ0v) is 27.5. The smallest absolute Gasteiger partial charge is 0.00141 e. The second-order valence-electron chi connectivity index (χ2n) is 13.2. The van der Waals surface area contributed by atoms with Crippen LogP contribution in [-0.2, 0) is 0 Å². The van der Waals surface area contributed by atoms with Gasteiger partial charge in [-0.05, 0) is 111 Å². The minimum atomic E-state index is 1.22. The van der Waals surface area contributed by atoms with Crippen LogP contribution in [-0.4, -0.2) is 0 Å². The van der Waals surface area contributed by atoms with Crippen molar-refractivity contribution >= 4 is 53.9 Å². The highest BCUT2D eigenvalue weighted by atomic mass is 14.2. The van der Waals surface area contributed by atoms with Crippen LogP contribution in [0.3, 0.4) is 0 Å². The minimum absolute atomic E-state index is 1.22. The SMILES string of the molecule is c1cc(-c2cccc3ccccc23)cc(-c2c3ccccc3c(-c3cccc4ccccc34)c3cccc(-c4ccc5ccccc5c4)c23)c1. The van der Waals surface area contributed by atoms with Crippen molar-refractivity contribution in [2.75, 3.05) is 0 Å². The average molecular weight is 633 g/mol. The standard InChI is InChI=1S/C50H32/c1-2-16-36-31-38(30-29-33(36)13-1)43-26-12-28-47-49(44-27-11-18-35-15-4-6-22-41(35)44)46-24-8-7-23-45(46)48(50(43)47)39-20-9-19-37(32-39)42-25-10-17-34-14-3-5-21-40(34)42/h1-32H. The number of rotatable bonds is 4. The first-order chi connectivity index (χ1) is 24.8. The van der Waals surface area contributed by atoms with Crippen LogP contribution >= 0.6 is 0 Å². The minimum Gasteiger partial charge on any atom is -0.0616 e. The van der Waals surface area contributed by atoms with Crippen LogP contribution in [0, 0.1) is 0 Å². The molecule has 0 atom stereocenters. The highest BCUT2D eigenvalue weighted by Gasteiger charge is 2.21. The van der Waals surface area contributed by atoms with Crippen LogP contribution in [0.15, 0.2) is 194 Å². The maximum absolute atomic E-state index is 2.40. The van der Waals surface area contributed by atoms with Crippen LogP contribution in [0.25, 0.3) is 98.4 Å². The largest absolute Gasteiger partial charge is 0.0616 e. The molecule has 50 heavy (non-hydrogen) atoms. The lowest BCUT2D eigenvalue weighted by Gasteiger charge is -2.21. The molecule has 0 saturated carbocycles. The summed E-state index contributed by atoms with van der Waals surface area (Å²) in [4.78, 5) is 0. The Labute approximate surface area is 291 Å². The van der Waals surface area contributed by atoms with Crippen LogP contribution < -0.4 is 0 Å². The lowest BCUT2D eigenvalue weighted by Crippen LogP contribution is -1.94. The van der Waals surface area contributed by atoms with Crippen molar-refractivity contribution in [3.05, 3.63) is 194 Å². The average Bonchev–Trinajstić information content (AvgIpc) is 3.19. The van der Waals surface area contributed by atoms with Gasteiger partial charge in [-0.25, -0.2) is 0 Å². The summed E-state index contributed by atoms with van der Waals surface area (Å²) < 4.78 is 0. The number of benzene rings is 10. The molecule has 0 nitrogen and oxygen atoms in total. The van der Waals surface area contributed by atoms with Gasteiger partial charge < -0.3 is 0 Å². The van der Waals surface area contributed by atoms with Crippen molar-refractivity contribution in [3.63, 3.8) is 0 Å². The van der Waals surface area contributed by atoms with Crippen molar-refractivity contribution in [2.45, 2.75) is 0 Å². The monoisotopic (exact) mass is 632 g/mol. The van der Waals surface area contributed by atoms with Crippen molar-refractivity contribution in [1.82, 2.24) is 0 Å². The molecule has 10 rings (SSSR count). The van der Waals surface area contributed by atoms with Crippen LogP contribution in [0.1, 0.15) is 0 Å². The molecule has 0 amide bonds. The van der Waals surface area contributed by atoms with Crippen molar-refractivity contribution in [3.8, 4) is 44.5 Å². The molecule has 232 valence electrons. The molecule has 10 aromatic rings. The summed E-state index contributed by atoms with van der Waals surface area (Å²) in [5.41, 5.74) is 9.96. The number of hydrogen-bond donors (Lipinski definition) is 0. The van der Waals surface area contributed by atoms with E-state index >= 15 is 0 Å². The van der Waals surface area contributed by atoms with Gasteiger partial charge in [0.1, 0.15) is 0 Å². The van der Waals surface area contributed by atoms with Gasteiger partial charge in [0.25, 0.3) is 0 Å². The number of fused-ring (bicyclic) bond motifs is 5. The second kappa shape index (κ2) is 11.6. The molecule has 10 aromatic carbocycles. The Morgan fingerprint density at radius 1 is 0.220 bits per heavy atom. The van der Waals surface area contributed by atoms with Crippen LogP contribution in [0.4, 0.5) is 0 Å². The van der Waals surface area contributed by atoms with Gasteiger partial charge in [-0.3, -0.25) is 0 Å². The molecule has 0 N–H and O–H groups in total. The van der Waals surface area contributed by atoms with E-state index in [-0.39, 0.29) is 0 Å². The highest BCUT2D eigenvalue weighted by molar-refractivity contribution is 6.26. The topological polar surface area (TPSA) is 0 Å². The second-order valence-corrected chi connectivity index (χ2v) is 13.2. The fourth-order valence-electron chi connectivity index (χ4n) is 8.18. The van der Waals surface area contributed by atoms with Crippen LogP contribution in [0.2, 0.25) is 0 Å². The normalized spacial score (nSPS) is 11.6. The molecule has 0 bridgehead atoms. The maximum atomic E-state index is 2.40. The Balaban J connectivity index is 1.35. The molecule has 0 unspecified atom stereocenters. The number of hydrogen-bond acceptors (Lipinski definition) is 0. The zero-order valence-electron chi connectivity index (χ0n) is 27.5. The van der Waals surface area contributed by atoms with E-state index in [1.165, 1.54) is 98.4 Å². The molecule has 0 aliphatic rings. The summed E-state index contributed by atoms with van der Waals surface area (Å²) in [5.74, 6) is 0. The van der Waals surface area contributed by atoms with Crippen molar-refractivity contribution in [1.29, 1.82) is 0 Å². The molecule has 0 radical (unpaired) electrons. The van der Waals surface area contributed by atoms with E-state index in [2.05, 4.69) is 194 Å². The summed E-state index contributed by atoms with van der Waals surface area (Å²) >= 11 is 0. The quantitative estimate of drug-likeness (QED) is 0.169. The zero-order chi connectivity index (χ0) is 33.0. The van der Waals surface area contributed by atoms with E-state index in [4.69, 9.17) is 0 Å². The third-order valence-corrected chi connectivity index (χ3v) is 10.4. The van der Waals surface area contributed by atoms with Gasteiger partial charge in [-0.1, -0.05) is 182 Å². The summed E-state index contributed by atoms with van der Waals surface area (Å²) in [6, 6.07) is 71.4. The van der Waals surface area contributed by atoms with E-state index in [1.807, 2.05) is 0 Å². The Morgan fingerprint density at radius 3 is 1.46 bits per heavy atom. The van der Waals surface area contributed by atoms with Gasteiger partial charge in [0, 0.05) is 0 Å². The van der Waals surface area contributed by atoms with E-state index in [0.29, 0.717) is 0 Å². The predicted molar refractivity (Wildman–Crippen MR) is 216 cm³/mol. The molecule has 0 heteroatoms. The fourth-order valence-corrected chi connectivity index (χ4v) is 8.18. The molecule has 0 spiro atoms. The molecule has 0 saturated heterocycles. The molecule has 0 aliphatic heterocycles. The van der Waals surface area contributed by atoms with Crippen LogP contribution in [0.5, 0.6) is 0 Å². The third kappa shape index (κ3) is 4.54. The van der Waals surface area contributed by atoms with Crippen molar-refractivity contribution < 1.29 is 0 Å². The van der Waals surface area contributed by atoms with Gasteiger partial charge in [0.05, 0.1) is 0 Å². The first-order valence-corrected chi connectivity index (χ1v) is 17.4. The van der Waals surface area contributed by atoms with Gasteiger partial charge in [0.15, 0.2) is 0 Å². The summed E-state index contributed by atoms with van der Waals surface area (Å²) in [6.45, 7) is 0. The van der Waals surface area contributed by atoms with Gasteiger partial charge >= 0.3 is 0 Å². The predicted octanol–water partition coefficient (Wildman–Crippen LogP) is 14.1. The summed E-state index contributed by atoms with van der Waals surface area (Å²) in [5, 5.41) is 12.6. The van der Waals surface area contributed by atoms with E-state index < -0.39 is 0 Å². The molecular weight excluding hydrogens is 601 g/mol. The Bertz CT molecular complexity index is 2920. The molecule has 0 aromatic heterocycles. The van der Waals surface area contributed by atoms with E-state index in [9.17, 15) is 0 Å². The first-order valence-electron chi connectivity index (χ1n) is 17.4. The maximum Gasteiger partial charge on any atom is -0.00141 e. The summed E-state index contributed by atoms with van der Waals surface area (Å²) in [7, 11) is 0. The van der Waals surface area contributed by atoms with E-state index in [1.54, 1.807) is 0 Å². The lowest BCUT2D eigenvalue weighted by molar-refractivity contribution is 1.63. The third-order valence-electron chi connectivity index (χ3n) is 10.4. The van der Waals surface area contributed by atoms with Gasteiger partial charge in [-0.2, -0.15) is 0 Å². The Hall–Kier alpha value is -6.50. The first kappa shape index (κ1) is 28.5.